The molecule has 17 heavy (non-hydrogen) atoms. The molecule has 3 aliphatic rings. The van der Waals surface area contributed by atoms with E-state index in [0.717, 1.165) is 12.8 Å². The third kappa shape index (κ3) is 1.60. The Morgan fingerprint density at radius 2 is 2.06 bits per heavy atom. The van der Waals surface area contributed by atoms with Crippen molar-refractivity contribution in [3.05, 3.63) is 0 Å². The van der Waals surface area contributed by atoms with Gasteiger partial charge >= 0.3 is 0 Å². The van der Waals surface area contributed by atoms with E-state index >= 15 is 0 Å². The number of amides is 1. The van der Waals surface area contributed by atoms with Gasteiger partial charge in [0.25, 0.3) is 5.91 Å². The normalized spacial score (nSPS) is 49.0. The number of likely N-dealkylation sites (tertiary alicyclic amines) is 1. The Bertz CT molecular complexity index is 337. The van der Waals surface area contributed by atoms with Crippen molar-refractivity contribution in [1.29, 1.82) is 0 Å². The maximum Gasteiger partial charge on any atom is 0.254 e. The largest absolute Gasteiger partial charge is 0.392 e. The van der Waals surface area contributed by atoms with Crippen molar-refractivity contribution in [3.63, 3.8) is 0 Å². The minimum atomic E-state index is -0.467. The number of rotatable bonds is 1. The Labute approximate surface area is 100 Å². The fourth-order valence-corrected chi connectivity index (χ4v) is 3.21. The average Bonchev–Trinajstić information content (AvgIpc) is 3.06. The van der Waals surface area contributed by atoms with Crippen LogP contribution in [0.1, 0.15) is 26.2 Å². The van der Waals surface area contributed by atoms with Crippen molar-refractivity contribution in [1.82, 2.24) is 4.90 Å². The predicted octanol–water partition coefficient (Wildman–Crippen LogP) is -0.492. The summed E-state index contributed by atoms with van der Waals surface area (Å²) in [7, 11) is 0. The van der Waals surface area contributed by atoms with Crippen molar-refractivity contribution in [3.8, 4) is 0 Å². The van der Waals surface area contributed by atoms with Gasteiger partial charge in [0.1, 0.15) is 0 Å². The van der Waals surface area contributed by atoms with E-state index < -0.39 is 17.6 Å². The molecule has 3 fully saturated rings. The van der Waals surface area contributed by atoms with Gasteiger partial charge in [-0.25, -0.2) is 0 Å². The van der Waals surface area contributed by atoms with Crippen LogP contribution in [0.15, 0.2) is 0 Å². The lowest BCUT2D eigenvalue weighted by Crippen LogP contribution is -2.65. The van der Waals surface area contributed by atoms with Gasteiger partial charge < -0.3 is 19.8 Å². The van der Waals surface area contributed by atoms with Crippen molar-refractivity contribution in [2.45, 2.75) is 50.6 Å². The lowest BCUT2D eigenvalue weighted by molar-refractivity contribution is -0.195. The number of epoxide rings is 1. The summed E-state index contributed by atoms with van der Waals surface area (Å²) in [5.74, 6) is 0.0166. The summed E-state index contributed by atoms with van der Waals surface area (Å²) in [6.07, 6.45) is 0.895. The van der Waals surface area contributed by atoms with Crippen molar-refractivity contribution >= 4 is 5.91 Å². The number of ether oxygens (including phenoxy) is 1. The molecule has 2 N–H and O–H groups in total. The zero-order valence-electron chi connectivity index (χ0n) is 10.0. The highest BCUT2D eigenvalue weighted by Crippen LogP contribution is 2.48. The first-order valence-corrected chi connectivity index (χ1v) is 6.35. The van der Waals surface area contributed by atoms with Crippen LogP contribution in [0.25, 0.3) is 0 Å². The van der Waals surface area contributed by atoms with Gasteiger partial charge in [-0.1, -0.05) is 0 Å². The van der Waals surface area contributed by atoms with Crippen molar-refractivity contribution in [2.24, 2.45) is 5.41 Å². The molecule has 5 nitrogen and oxygen atoms in total. The molecule has 4 atom stereocenters. The molecule has 1 amide bonds. The van der Waals surface area contributed by atoms with Crippen LogP contribution in [0.2, 0.25) is 0 Å². The van der Waals surface area contributed by atoms with Crippen LogP contribution < -0.4 is 0 Å². The second kappa shape index (κ2) is 3.67. The van der Waals surface area contributed by atoms with Crippen molar-refractivity contribution in [2.75, 3.05) is 13.1 Å². The van der Waals surface area contributed by atoms with Gasteiger partial charge in [0.15, 0.2) is 6.10 Å². The molecule has 0 aromatic rings. The van der Waals surface area contributed by atoms with Gasteiger partial charge in [-0.05, 0) is 19.8 Å². The van der Waals surface area contributed by atoms with Gasteiger partial charge in [0, 0.05) is 24.9 Å². The zero-order valence-corrected chi connectivity index (χ0v) is 10.0. The minimum absolute atomic E-state index is 0.0166. The molecule has 3 rings (SSSR count). The Hall–Kier alpha value is -0.650. The van der Waals surface area contributed by atoms with Gasteiger partial charge in [0.2, 0.25) is 0 Å². The monoisotopic (exact) mass is 241 g/mol. The zero-order chi connectivity index (χ0) is 12.2. The van der Waals surface area contributed by atoms with Crippen LogP contribution >= 0.6 is 0 Å². The molecule has 0 aromatic carbocycles. The molecule has 2 unspecified atom stereocenters. The number of carbonyl (C=O) groups is 1. The number of hydrogen-bond donors (Lipinski definition) is 2. The first-order chi connectivity index (χ1) is 8.04. The van der Waals surface area contributed by atoms with Crippen LogP contribution in [0.3, 0.4) is 0 Å². The molecular weight excluding hydrogens is 222 g/mol. The number of piperidine rings is 1. The number of nitrogens with zero attached hydrogens (tertiary/aromatic N) is 1. The summed E-state index contributed by atoms with van der Waals surface area (Å²) in [6, 6.07) is 0. The molecule has 0 bridgehead atoms. The first-order valence-electron chi connectivity index (χ1n) is 6.35. The summed E-state index contributed by atoms with van der Waals surface area (Å²) in [4.78, 5) is 13.8. The molecule has 0 aromatic heterocycles. The molecule has 2 saturated heterocycles. The Balaban J connectivity index is 1.69. The summed E-state index contributed by atoms with van der Waals surface area (Å²) in [6.45, 7) is 3.07. The maximum atomic E-state index is 12.0. The van der Waals surface area contributed by atoms with E-state index in [1.165, 1.54) is 0 Å². The van der Waals surface area contributed by atoms with Gasteiger partial charge in [-0.3, -0.25) is 4.79 Å². The van der Waals surface area contributed by atoms with E-state index in [9.17, 15) is 15.0 Å². The van der Waals surface area contributed by atoms with Crippen LogP contribution in [0.5, 0.6) is 0 Å². The lowest BCUT2D eigenvalue weighted by Gasteiger charge is -2.55. The molecule has 1 saturated carbocycles. The minimum Gasteiger partial charge on any atom is -0.392 e. The molecule has 0 radical (unpaired) electrons. The molecule has 5 heteroatoms. The number of aliphatic hydroxyl groups excluding tert-OH is 2. The van der Waals surface area contributed by atoms with E-state index in [0.29, 0.717) is 19.5 Å². The summed E-state index contributed by atoms with van der Waals surface area (Å²) < 4.78 is 5.19. The third-order valence-corrected chi connectivity index (χ3v) is 4.60. The van der Waals surface area contributed by atoms with E-state index in [-0.39, 0.29) is 18.1 Å². The average molecular weight is 241 g/mol. The van der Waals surface area contributed by atoms with Gasteiger partial charge in [-0.15, -0.1) is 0 Å². The molecule has 1 aliphatic carbocycles. The molecular formula is C12H19NO4. The lowest BCUT2D eigenvalue weighted by atomic mass is 9.59. The van der Waals surface area contributed by atoms with Gasteiger partial charge in [-0.2, -0.15) is 0 Å². The van der Waals surface area contributed by atoms with E-state index in [4.69, 9.17) is 4.74 Å². The van der Waals surface area contributed by atoms with Crippen molar-refractivity contribution < 1.29 is 19.7 Å². The number of hydrogen-bond acceptors (Lipinski definition) is 4. The summed E-state index contributed by atoms with van der Waals surface area (Å²) in [5.41, 5.74) is -0.466. The summed E-state index contributed by atoms with van der Waals surface area (Å²) >= 11 is 0. The summed E-state index contributed by atoms with van der Waals surface area (Å²) in [5, 5.41) is 19.7. The Kier molecular flexibility index (Phi) is 2.47. The standard InChI is InChI=1S/C12H19NO4/c1-7-10(17-7)11(16)13-4-2-3-12(6-13)8(14)5-9(12)15/h7-10,14-15H,2-6H2,1H3/t7-,8?,9?,10+,12?/m0/s1. The Morgan fingerprint density at radius 1 is 1.41 bits per heavy atom. The highest BCUT2D eigenvalue weighted by molar-refractivity contribution is 5.83. The van der Waals surface area contributed by atoms with Crippen LogP contribution in [-0.4, -0.2) is 58.5 Å². The highest BCUT2D eigenvalue weighted by atomic mass is 16.6. The second-order valence-corrected chi connectivity index (χ2v) is 5.63. The number of aliphatic hydroxyl groups is 2. The predicted molar refractivity (Wildman–Crippen MR) is 59.2 cm³/mol. The van der Waals surface area contributed by atoms with E-state index in [1.54, 1.807) is 4.90 Å². The first kappa shape index (κ1) is 11.4. The molecule has 96 valence electrons. The maximum absolute atomic E-state index is 12.0. The molecule has 2 heterocycles. The number of carbonyl (C=O) groups excluding carboxylic acids is 1. The topological polar surface area (TPSA) is 73.3 Å². The van der Waals surface area contributed by atoms with E-state index in [2.05, 4.69) is 0 Å². The van der Waals surface area contributed by atoms with E-state index in [1.807, 2.05) is 6.92 Å². The quantitative estimate of drug-likeness (QED) is 0.607. The smallest absolute Gasteiger partial charge is 0.254 e. The highest BCUT2D eigenvalue weighted by Gasteiger charge is 2.57. The fraction of sp³-hybridized carbons (Fsp3) is 0.917. The fourth-order valence-electron chi connectivity index (χ4n) is 3.21. The van der Waals surface area contributed by atoms with Crippen LogP contribution in [0, 0.1) is 5.41 Å². The van der Waals surface area contributed by atoms with Crippen LogP contribution in [0.4, 0.5) is 0 Å². The second-order valence-electron chi connectivity index (χ2n) is 5.63. The molecule has 2 aliphatic heterocycles. The third-order valence-electron chi connectivity index (χ3n) is 4.60. The Morgan fingerprint density at radius 3 is 2.59 bits per heavy atom. The molecule has 1 spiro atoms. The van der Waals surface area contributed by atoms with Gasteiger partial charge in [0.05, 0.1) is 18.3 Å². The van der Waals surface area contributed by atoms with Crippen LogP contribution in [-0.2, 0) is 9.53 Å². The SMILES string of the molecule is C[C@@H]1O[C@H]1C(=O)N1CCCC2(C1)C(O)CC2O.